The Morgan fingerprint density at radius 2 is 1.22 bits per heavy atom. The third-order valence-electron chi connectivity index (χ3n) is 6.47. The summed E-state index contributed by atoms with van der Waals surface area (Å²) in [6.07, 6.45) is 17.1. The van der Waals surface area contributed by atoms with Gasteiger partial charge in [-0.2, -0.15) is 0 Å². The summed E-state index contributed by atoms with van der Waals surface area (Å²) in [6, 6.07) is 0. The summed E-state index contributed by atoms with van der Waals surface area (Å²) in [4.78, 5) is 0. The van der Waals surface area contributed by atoms with Crippen molar-refractivity contribution in [2.75, 3.05) is 0 Å². The molecule has 1 saturated carbocycles. The van der Waals surface area contributed by atoms with Crippen LogP contribution < -0.4 is 0 Å². The van der Waals surface area contributed by atoms with E-state index in [0.717, 1.165) is 11.8 Å². The van der Waals surface area contributed by atoms with Crippen molar-refractivity contribution in [3.05, 3.63) is 0 Å². The van der Waals surface area contributed by atoms with Gasteiger partial charge in [0.1, 0.15) is 0 Å². The molecule has 0 aliphatic heterocycles. The van der Waals surface area contributed by atoms with E-state index < -0.39 is 0 Å². The summed E-state index contributed by atoms with van der Waals surface area (Å²) in [5.41, 5.74) is 0. The van der Waals surface area contributed by atoms with Crippen LogP contribution in [0.2, 0.25) is 0 Å². The number of aliphatic hydroxyl groups excluding tert-OH is 1. The molecule has 0 heterocycles. The van der Waals surface area contributed by atoms with Gasteiger partial charge in [0.15, 0.2) is 0 Å². The molecule has 4 atom stereocenters. The highest BCUT2D eigenvalue weighted by Crippen LogP contribution is 2.39. The molecule has 1 N–H and O–H groups in total. The van der Waals surface area contributed by atoms with E-state index in [9.17, 15) is 5.11 Å². The molecule has 4 unspecified atom stereocenters. The lowest BCUT2D eigenvalue weighted by atomic mass is 9.71. The molecule has 0 aromatic carbocycles. The fourth-order valence-electron chi connectivity index (χ4n) is 4.70. The third kappa shape index (κ3) is 7.59. The Morgan fingerprint density at radius 3 is 1.57 bits per heavy atom. The van der Waals surface area contributed by atoms with Crippen molar-refractivity contribution in [2.45, 2.75) is 117 Å². The molecule has 0 aromatic rings. The van der Waals surface area contributed by atoms with E-state index in [-0.39, 0.29) is 6.10 Å². The van der Waals surface area contributed by atoms with Gasteiger partial charge in [-0.3, -0.25) is 0 Å². The van der Waals surface area contributed by atoms with Crippen LogP contribution >= 0.6 is 0 Å². The first-order valence-corrected chi connectivity index (χ1v) is 10.8. The lowest BCUT2D eigenvalue weighted by Gasteiger charge is -2.38. The predicted molar refractivity (Wildman–Crippen MR) is 103 cm³/mol. The highest BCUT2D eigenvalue weighted by molar-refractivity contribution is 4.84. The number of hydrogen-bond donors (Lipinski definition) is 1. The lowest BCUT2D eigenvalue weighted by Crippen LogP contribution is -2.35. The molecule has 0 aromatic heterocycles. The third-order valence-corrected chi connectivity index (χ3v) is 6.47. The molecule has 0 saturated heterocycles. The van der Waals surface area contributed by atoms with Crippen molar-refractivity contribution in [3.63, 3.8) is 0 Å². The van der Waals surface area contributed by atoms with E-state index in [1.807, 2.05) is 0 Å². The van der Waals surface area contributed by atoms with Crippen molar-refractivity contribution in [1.29, 1.82) is 0 Å². The molecule has 0 amide bonds. The van der Waals surface area contributed by atoms with Crippen molar-refractivity contribution < 1.29 is 5.11 Å². The van der Waals surface area contributed by atoms with Crippen LogP contribution in [0.1, 0.15) is 111 Å². The standard InChI is InChI=1S/C22H44O/c1-5-9-12-18(7-3)16-20-14-11-15-21(22(20)23)17-19(8-4)13-10-6-2/h18-23H,5-17H2,1-4H3. The second-order valence-corrected chi connectivity index (χ2v) is 8.25. The molecule has 1 aliphatic carbocycles. The van der Waals surface area contributed by atoms with E-state index in [1.54, 1.807) is 0 Å². The summed E-state index contributed by atoms with van der Waals surface area (Å²) < 4.78 is 0. The van der Waals surface area contributed by atoms with Gasteiger partial charge in [-0.05, 0) is 49.4 Å². The average molecular weight is 325 g/mol. The van der Waals surface area contributed by atoms with Crippen LogP contribution in [0.25, 0.3) is 0 Å². The predicted octanol–water partition coefficient (Wildman–Crippen LogP) is 6.98. The number of hydrogen-bond acceptors (Lipinski definition) is 1. The number of rotatable bonds is 12. The lowest BCUT2D eigenvalue weighted by molar-refractivity contribution is -0.00432. The van der Waals surface area contributed by atoms with E-state index in [1.165, 1.54) is 83.5 Å². The molecular weight excluding hydrogens is 280 g/mol. The second-order valence-electron chi connectivity index (χ2n) is 8.25. The summed E-state index contributed by atoms with van der Waals surface area (Å²) in [6.45, 7) is 9.26. The van der Waals surface area contributed by atoms with Crippen molar-refractivity contribution >= 4 is 0 Å². The molecule has 138 valence electrons. The Morgan fingerprint density at radius 1 is 0.783 bits per heavy atom. The Labute approximate surface area is 146 Å². The van der Waals surface area contributed by atoms with E-state index >= 15 is 0 Å². The molecule has 0 spiro atoms. The Kier molecular flexibility index (Phi) is 11.3. The number of unbranched alkanes of at least 4 members (excludes halogenated alkanes) is 2. The smallest absolute Gasteiger partial charge is 0.0596 e. The van der Waals surface area contributed by atoms with Gasteiger partial charge in [0.05, 0.1) is 6.10 Å². The van der Waals surface area contributed by atoms with Crippen LogP contribution in [0.5, 0.6) is 0 Å². The molecule has 1 aliphatic rings. The van der Waals surface area contributed by atoms with Gasteiger partial charge in [-0.1, -0.05) is 85.5 Å². The van der Waals surface area contributed by atoms with Crippen LogP contribution in [0.15, 0.2) is 0 Å². The molecule has 1 rings (SSSR count). The molecule has 1 fully saturated rings. The highest BCUT2D eigenvalue weighted by atomic mass is 16.3. The van der Waals surface area contributed by atoms with Crippen molar-refractivity contribution in [2.24, 2.45) is 23.7 Å². The van der Waals surface area contributed by atoms with E-state index in [4.69, 9.17) is 0 Å². The molecule has 23 heavy (non-hydrogen) atoms. The molecule has 1 nitrogen and oxygen atoms in total. The zero-order valence-electron chi connectivity index (χ0n) is 16.5. The van der Waals surface area contributed by atoms with Gasteiger partial charge in [-0.25, -0.2) is 0 Å². The zero-order chi connectivity index (χ0) is 17.1. The second kappa shape index (κ2) is 12.3. The zero-order valence-corrected chi connectivity index (χ0v) is 16.5. The van der Waals surface area contributed by atoms with E-state index in [0.29, 0.717) is 11.8 Å². The summed E-state index contributed by atoms with van der Waals surface area (Å²) in [5, 5.41) is 11.0. The van der Waals surface area contributed by atoms with Gasteiger partial charge in [0, 0.05) is 0 Å². The Balaban J connectivity index is 2.50. The van der Waals surface area contributed by atoms with Gasteiger partial charge >= 0.3 is 0 Å². The first kappa shape index (κ1) is 21.0. The fourth-order valence-corrected chi connectivity index (χ4v) is 4.70. The molecular formula is C22H44O. The van der Waals surface area contributed by atoms with Gasteiger partial charge < -0.3 is 5.11 Å². The van der Waals surface area contributed by atoms with Crippen molar-refractivity contribution in [3.8, 4) is 0 Å². The highest BCUT2D eigenvalue weighted by Gasteiger charge is 2.33. The van der Waals surface area contributed by atoms with Crippen LogP contribution in [-0.2, 0) is 0 Å². The van der Waals surface area contributed by atoms with Gasteiger partial charge in [-0.15, -0.1) is 0 Å². The first-order valence-electron chi connectivity index (χ1n) is 10.8. The molecule has 0 radical (unpaired) electrons. The normalized spacial score (nSPS) is 27.8. The van der Waals surface area contributed by atoms with Crippen LogP contribution in [0, 0.1) is 23.7 Å². The molecule has 0 bridgehead atoms. The van der Waals surface area contributed by atoms with Crippen LogP contribution in [-0.4, -0.2) is 11.2 Å². The minimum atomic E-state index is -0.0184. The van der Waals surface area contributed by atoms with Gasteiger partial charge in [0.25, 0.3) is 0 Å². The van der Waals surface area contributed by atoms with Crippen LogP contribution in [0.3, 0.4) is 0 Å². The average Bonchev–Trinajstić information content (AvgIpc) is 2.57. The quantitative estimate of drug-likeness (QED) is 0.410. The maximum absolute atomic E-state index is 11.0. The minimum Gasteiger partial charge on any atom is -0.393 e. The fraction of sp³-hybridized carbons (Fsp3) is 1.00. The van der Waals surface area contributed by atoms with Crippen LogP contribution in [0.4, 0.5) is 0 Å². The Hall–Kier alpha value is -0.0400. The van der Waals surface area contributed by atoms with Gasteiger partial charge in [0.2, 0.25) is 0 Å². The largest absolute Gasteiger partial charge is 0.393 e. The molecule has 1 heteroatoms. The van der Waals surface area contributed by atoms with E-state index in [2.05, 4.69) is 27.7 Å². The summed E-state index contributed by atoms with van der Waals surface area (Å²) in [5.74, 6) is 2.85. The summed E-state index contributed by atoms with van der Waals surface area (Å²) in [7, 11) is 0. The van der Waals surface area contributed by atoms with Crippen molar-refractivity contribution in [1.82, 2.24) is 0 Å². The topological polar surface area (TPSA) is 20.2 Å². The maximum atomic E-state index is 11.0. The summed E-state index contributed by atoms with van der Waals surface area (Å²) >= 11 is 0. The number of aliphatic hydroxyl groups is 1. The first-order chi connectivity index (χ1) is 11.2. The maximum Gasteiger partial charge on any atom is 0.0596 e. The monoisotopic (exact) mass is 324 g/mol. The minimum absolute atomic E-state index is 0.0184. The SMILES string of the molecule is CCCCC(CC)CC1CCCC(CC(CC)CCCC)C1O. The Bertz CT molecular complexity index is 249.